The second kappa shape index (κ2) is 9.13. The van der Waals surface area contributed by atoms with Crippen LogP contribution in [0.4, 0.5) is 4.39 Å². The predicted octanol–water partition coefficient (Wildman–Crippen LogP) is 4.47. The summed E-state index contributed by atoms with van der Waals surface area (Å²) < 4.78 is 13.0. The van der Waals surface area contributed by atoms with E-state index >= 15 is 0 Å². The predicted molar refractivity (Wildman–Crippen MR) is 111 cm³/mol. The summed E-state index contributed by atoms with van der Waals surface area (Å²) in [7, 11) is 0. The van der Waals surface area contributed by atoms with Gasteiger partial charge in [0.05, 0.1) is 22.8 Å². The Labute approximate surface area is 169 Å². The molecule has 4 nitrogen and oxygen atoms in total. The van der Waals surface area contributed by atoms with Gasteiger partial charge in [-0.2, -0.15) is 0 Å². The van der Waals surface area contributed by atoms with Gasteiger partial charge in [0.15, 0.2) is 0 Å². The number of hydrogen-bond acceptors (Lipinski definition) is 3. The first kappa shape index (κ1) is 20.2. The number of benzene rings is 2. The molecule has 1 aromatic heterocycles. The molecule has 0 atom stereocenters. The first-order valence-electron chi connectivity index (χ1n) is 9.25. The van der Waals surface area contributed by atoms with Gasteiger partial charge in [-0.1, -0.05) is 48.9 Å². The molecule has 1 N–H and O–H groups in total. The molecule has 2 aromatic carbocycles. The number of pyridine rings is 1. The van der Waals surface area contributed by atoms with Crippen LogP contribution >= 0.6 is 11.6 Å². The maximum absolute atomic E-state index is 13.0. The number of carbonyl (C=O) groups is 1. The monoisotopic (exact) mass is 399 g/mol. The summed E-state index contributed by atoms with van der Waals surface area (Å²) in [5, 5.41) is 4.55. The average molecular weight is 400 g/mol. The number of nitrogens with one attached hydrogen (secondary N) is 1. The Morgan fingerprint density at radius 3 is 2.61 bits per heavy atom. The second-order valence-electron chi connectivity index (χ2n) is 6.72. The Kier molecular flexibility index (Phi) is 6.60. The van der Waals surface area contributed by atoms with Gasteiger partial charge in [0.25, 0.3) is 0 Å². The SMILES string of the molecule is CCN(CC(=O)NCc1ccc(F)cc1)Cc1nc2ccccc2c(C)c1Cl. The molecule has 0 bridgehead atoms. The Bertz CT molecular complexity index is 975. The van der Waals surface area contributed by atoms with Gasteiger partial charge in [0.2, 0.25) is 5.91 Å². The maximum Gasteiger partial charge on any atom is 0.234 e. The molecule has 0 aliphatic rings. The molecule has 0 aliphatic heterocycles. The number of aryl methyl sites for hydroxylation is 1. The maximum atomic E-state index is 13.0. The highest BCUT2D eigenvalue weighted by Crippen LogP contribution is 2.27. The molecule has 3 aromatic rings. The standard InChI is InChI=1S/C22H23ClFN3O/c1-3-27(14-21(28)25-12-16-8-10-17(24)11-9-16)13-20-22(23)15(2)18-6-4-5-7-19(18)26-20/h4-11H,3,12-14H2,1-2H3,(H,25,28). The molecule has 0 saturated heterocycles. The summed E-state index contributed by atoms with van der Waals surface area (Å²) in [6, 6.07) is 14.0. The zero-order chi connectivity index (χ0) is 20.1. The number of para-hydroxylation sites is 1. The van der Waals surface area contributed by atoms with E-state index in [1.165, 1.54) is 12.1 Å². The zero-order valence-electron chi connectivity index (χ0n) is 16.0. The summed E-state index contributed by atoms with van der Waals surface area (Å²) in [5.41, 5.74) is 3.52. The van der Waals surface area contributed by atoms with Gasteiger partial charge < -0.3 is 5.32 Å². The topological polar surface area (TPSA) is 45.2 Å². The fraction of sp³-hybridized carbons (Fsp3) is 0.273. The van der Waals surface area contributed by atoms with E-state index in [4.69, 9.17) is 16.6 Å². The first-order chi connectivity index (χ1) is 13.5. The number of hydrogen-bond donors (Lipinski definition) is 1. The molecule has 0 radical (unpaired) electrons. The van der Waals surface area contributed by atoms with Crippen LogP contribution in [0.5, 0.6) is 0 Å². The Morgan fingerprint density at radius 2 is 1.89 bits per heavy atom. The lowest BCUT2D eigenvalue weighted by Crippen LogP contribution is -2.36. The van der Waals surface area contributed by atoms with E-state index in [-0.39, 0.29) is 18.3 Å². The highest BCUT2D eigenvalue weighted by Gasteiger charge is 2.15. The summed E-state index contributed by atoms with van der Waals surface area (Å²) in [5.74, 6) is -0.387. The number of carbonyl (C=O) groups excluding carboxylic acids is 1. The van der Waals surface area contributed by atoms with Crippen LogP contribution in [-0.2, 0) is 17.9 Å². The number of likely N-dealkylation sites (N-methyl/N-ethyl adjacent to an activating group) is 1. The Morgan fingerprint density at radius 1 is 1.18 bits per heavy atom. The van der Waals surface area contributed by atoms with Crippen molar-refractivity contribution in [2.24, 2.45) is 0 Å². The van der Waals surface area contributed by atoms with Crippen molar-refractivity contribution < 1.29 is 9.18 Å². The van der Waals surface area contributed by atoms with Crippen LogP contribution < -0.4 is 5.32 Å². The van der Waals surface area contributed by atoms with E-state index in [0.717, 1.165) is 27.7 Å². The minimum Gasteiger partial charge on any atom is -0.351 e. The largest absolute Gasteiger partial charge is 0.351 e. The molecule has 146 valence electrons. The molecule has 0 aliphatic carbocycles. The molecule has 3 rings (SSSR count). The third kappa shape index (κ3) is 4.86. The van der Waals surface area contributed by atoms with Gasteiger partial charge >= 0.3 is 0 Å². The highest BCUT2D eigenvalue weighted by atomic mass is 35.5. The van der Waals surface area contributed by atoms with E-state index in [9.17, 15) is 9.18 Å². The fourth-order valence-electron chi connectivity index (χ4n) is 3.08. The zero-order valence-corrected chi connectivity index (χ0v) is 16.8. The van der Waals surface area contributed by atoms with Crippen LogP contribution in [0.15, 0.2) is 48.5 Å². The highest BCUT2D eigenvalue weighted by molar-refractivity contribution is 6.32. The molecule has 28 heavy (non-hydrogen) atoms. The van der Waals surface area contributed by atoms with Gasteiger partial charge in [-0.15, -0.1) is 0 Å². The Hall–Kier alpha value is -2.50. The number of amides is 1. The van der Waals surface area contributed by atoms with Crippen LogP contribution in [0.2, 0.25) is 5.02 Å². The number of rotatable bonds is 7. The van der Waals surface area contributed by atoms with E-state index in [1.54, 1.807) is 12.1 Å². The quantitative estimate of drug-likeness (QED) is 0.637. The van der Waals surface area contributed by atoms with E-state index in [0.29, 0.717) is 24.7 Å². The van der Waals surface area contributed by atoms with Crippen molar-refractivity contribution in [1.82, 2.24) is 15.2 Å². The normalized spacial score (nSPS) is 11.2. The summed E-state index contributed by atoms with van der Waals surface area (Å²) >= 11 is 6.54. The molecular weight excluding hydrogens is 377 g/mol. The number of halogens is 2. The number of nitrogens with zero attached hydrogens (tertiary/aromatic N) is 2. The average Bonchev–Trinajstić information content (AvgIpc) is 2.70. The first-order valence-corrected chi connectivity index (χ1v) is 9.63. The third-order valence-electron chi connectivity index (χ3n) is 4.74. The van der Waals surface area contributed by atoms with Crippen LogP contribution in [-0.4, -0.2) is 28.9 Å². The molecule has 1 amide bonds. The van der Waals surface area contributed by atoms with Crippen molar-refractivity contribution in [3.63, 3.8) is 0 Å². The smallest absolute Gasteiger partial charge is 0.234 e. The van der Waals surface area contributed by atoms with Gasteiger partial charge in [0, 0.05) is 18.5 Å². The summed E-state index contributed by atoms with van der Waals surface area (Å²) in [4.78, 5) is 19.0. The second-order valence-corrected chi connectivity index (χ2v) is 7.10. The van der Waals surface area contributed by atoms with Crippen LogP contribution in [0.3, 0.4) is 0 Å². The van der Waals surface area contributed by atoms with E-state index < -0.39 is 0 Å². The lowest BCUT2D eigenvalue weighted by molar-refractivity contribution is -0.122. The van der Waals surface area contributed by atoms with Gasteiger partial charge in [-0.3, -0.25) is 9.69 Å². The van der Waals surface area contributed by atoms with Crippen molar-refractivity contribution >= 4 is 28.4 Å². The third-order valence-corrected chi connectivity index (χ3v) is 5.24. The molecule has 6 heteroatoms. The van der Waals surface area contributed by atoms with Crippen LogP contribution in [0.1, 0.15) is 23.7 Å². The van der Waals surface area contributed by atoms with Crippen LogP contribution in [0.25, 0.3) is 10.9 Å². The molecule has 0 saturated carbocycles. The van der Waals surface area contributed by atoms with Gasteiger partial charge in [-0.05, 0) is 42.8 Å². The van der Waals surface area contributed by atoms with Crippen molar-refractivity contribution in [1.29, 1.82) is 0 Å². The summed E-state index contributed by atoms with van der Waals surface area (Å²) in [6.45, 7) is 5.77. The van der Waals surface area contributed by atoms with Crippen molar-refractivity contribution in [3.8, 4) is 0 Å². The molecule has 0 unspecified atom stereocenters. The fourth-order valence-corrected chi connectivity index (χ4v) is 3.28. The van der Waals surface area contributed by atoms with Gasteiger partial charge in [-0.25, -0.2) is 9.37 Å². The van der Waals surface area contributed by atoms with E-state index in [1.807, 2.05) is 43.0 Å². The van der Waals surface area contributed by atoms with Crippen molar-refractivity contribution in [2.75, 3.05) is 13.1 Å². The van der Waals surface area contributed by atoms with Crippen LogP contribution in [0, 0.1) is 12.7 Å². The lowest BCUT2D eigenvalue weighted by atomic mass is 10.1. The molecule has 0 fully saturated rings. The molecule has 0 spiro atoms. The number of fused-ring (bicyclic) bond motifs is 1. The number of aromatic nitrogens is 1. The summed E-state index contributed by atoms with van der Waals surface area (Å²) in [6.07, 6.45) is 0. The molecular formula is C22H23ClFN3O. The van der Waals surface area contributed by atoms with Gasteiger partial charge in [0.1, 0.15) is 5.82 Å². The molecule has 1 heterocycles. The van der Waals surface area contributed by atoms with E-state index in [2.05, 4.69) is 5.32 Å². The Balaban J connectivity index is 1.65. The lowest BCUT2D eigenvalue weighted by Gasteiger charge is -2.21. The van der Waals surface area contributed by atoms with Crippen molar-refractivity contribution in [2.45, 2.75) is 26.9 Å². The minimum absolute atomic E-state index is 0.0974. The minimum atomic E-state index is -0.290. The van der Waals surface area contributed by atoms with Crippen molar-refractivity contribution in [3.05, 3.63) is 76.2 Å².